The van der Waals surface area contributed by atoms with Crippen molar-refractivity contribution in [2.75, 3.05) is 6.54 Å². The Morgan fingerprint density at radius 2 is 2.08 bits per heavy atom. The average Bonchev–Trinajstić information content (AvgIpc) is 2.00. The second-order valence-electron chi connectivity index (χ2n) is 4.71. The van der Waals surface area contributed by atoms with E-state index in [0.717, 1.165) is 25.7 Å². The molecular formula is C10H21NO2. The molecule has 0 saturated heterocycles. The van der Waals surface area contributed by atoms with Gasteiger partial charge in [0.2, 0.25) is 0 Å². The first-order chi connectivity index (χ1) is 5.97. The lowest BCUT2D eigenvalue weighted by Gasteiger charge is -2.29. The molecule has 0 amide bonds. The lowest BCUT2D eigenvalue weighted by Crippen LogP contribution is -2.43. The summed E-state index contributed by atoms with van der Waals surface area (Å²) in [6.07, 6.45) is 3.82. The van der Waals surface area contributed by atoms with Crippen LogP contribution in [0.15, 0.2) is 0 Å². The van der Waals surface area contributed by atoms with E-state index in [1.165, 1.54) is 0 Å². The van der Waals surface area contributed by atoms with E-state index in [-0.39, 0.29) is 6.10 Å². The Bertz CT molecular complexity index is 153. The van der Waals surface area contributed by atoms with Gasteiger partial charge in [-0.15, -0.1) is 0 Å². The molecule has 3 N–H and O–H groups in total. The monoisotopic (exact) mass is 187 g/mol. The molecule has 3 nitrogen and oxygen atoms in total. The molecule has 0 aromatic rings. The van der Waals surface area contributed by atoms with Crippen LogP contribution in [0.3, 0.4) is 0 Å². The Balaban J connectivity index is 2.21. The maximum absolute atomic E-state index is 9.49. The second kappa shape index (κ2) is 4.40. The molecule has 1 rings (SSSR count). The fraction of sp³-hybridized carbons (Fsp3) is 1.00. The molecule has 0 heterocycles. The molecule has 1 aliphatic carbocycles. The molecule has 78 valence electrons. The molecule has 1 saturated carbocycles. The Hall–Kier alpha value is -0.120. The van der Waals surface area contributed by atoms with E-state index in [2.05, 4.69) is 5.32 Å². The van der Waals surface area contributed by atoms with Gasteiger partial charge in [-0.1, -0.05) is 0 Å². The molecule has 2 atom stereocenters. The number of hydrogen-bond donors (Lipinski definition) is 3. The second-order valence-corrected chi connectivity index (χ2v) is 4.71. The highest BCUT2D eigenvalue weighted by molar-refractivity contribution is 4.80. The lowest BCUT2D eigenvalue weighted by molar-refractivity contribution is 0.0640. The van der Waals surface area contributed by atoms with Gasteiger partial charge in [0.15, 0.2) is 0 Å². The summed E-state index contributed by atoms with van der Waals surface area (Å²) < 4.78 is 0. The number of rotatable bonds is 3. The Kier molecular flexibility index (Phi) is 3.71. The van der Waals surface area contributed by atoms with Crippen LogP contribution in [0.2, 0.25) is 0 Å². The number of nitrogens with one attached hydrogen (secondary N) is 1. The predicted octanol–water partition coefficient (Wildman–Crippen LogP) is 0.650. The first kappa shape index (κ1) is 11.0. The van der Waals surface area contributed by atoms with E-state index in [4.69, 9.17) is 0 Å². The summed E-state index contributed by atoms with van der Waals surface area (Å²) in [5, 5.41) is 22.2. The topological polar surface area (TPSA) is 52.5 Å². The summed E-state index contributed by atoms with van der Waals surface area (Å²) in [6.45, 7) is 4.18. The lowest BCUT2D eigenvalue weighted by atomic mass is 9.92. The highest BCUT2D eigenvalue weighted by Gasteiger charge is 2.21. The van der Waals surface area contributed by atoms with Crippen LogP contribution in [-0.4, -0.2) is 34.5 Å². The summed E-state index contributed by atoms with van der Waals surface area (Å²) in [5.74, 6) is 0. The van der Waals surface area contributed by atoms with Crippen molar-refractivity contribution in [1.82, 2.24) is 5.32 Å². The van der Waals surface area contributed by atoms with Crippen molar-refractivity contribution in [2.24, 2.45) is 0 Å². The van der Waals surface area contributed by atoms with Crippen LogP contribution in [0, 0.1) is 0 Å². The molecule has 0 aliphatic heterocycles. The summed E-state index contributed by atoms with van der Waals surface area (Å²) >= 11 is 0. The zero-order valence-electron chi connectivity index (χ0n) is 8.58. The van der Waals surface area contributed by atoms with Gasteiger partial charge in [0.05, 0.1) is 11.7 Å². The zero-order valence-corrected chi connectivity index (χ0v) is 8.58. The van der Waals surface area contributed by atoms with Crippen LogP contribution in [0.4, 0.5) is 0 Å². The minimum Gasteiger partial charge on any atom is -0.393 e. The number of aliphatic hydroxyl groups is 2. The van der Waals surface area contributed by atoms with Gasteiger partial charge in [0.25, 0.3) is 0 Å². The molecule has 3 heteroatoms. The van der Waals surface area contributed by atoms with Crippen molar-refractivity contribution >= 4 is 0 Å². The van der Waals surface area contributed by atoms with Gasteiger partial charge < -0.3 is 15.5 Å². The molecule has 2 unspecified atom stereocenters. The fourth-order valence-corrected chi connectivity index (χ4v) is 1.74. The Labute approximate surface area is 80.2 Å². The van der Waals surface area contributed by atoms with Gasteiger partial charge in [-0.2, -0.15) is 0 Å². The summed E-state index contributed by atoms with van der Waals surface area (Å²) in [6, 6.07) is 0.384. The number of hydrogen-bond acceptors (Lipinski definition) is 3. The van der Waals surface area contributed by atoms with Crippen molar-refractivity contribution in [3.8, 4) is 0 Å². The molecule has 0 spiro atoms. The van der Waals surface area contributed by atoms with Gasteiger partial charge in [-0.25, -0.2) is 0 Å². The van der Waals surface area contributed by atoms with Crippen LogP contribution in [0.1, 0.15) is 39.5 Å². The van der Waals surface area contributed by atoms with Gasteiger partial charge in [0, 0.05) is 12.6 Å². The van der Waals surface area contributed by atoms with Gasteiger partial charge >= 0.3 is 0 Å². The zero-order chi connectivity index (χ0) is 9.90. The van der Waals surface area contributed by atoms with Crippen LogP contribution in [0.25, 0.3) is 0 Å². The molecule has 13 heavy (non-hydrogen) atoms. The molecule has 0 aromatic carbocycles. The average molecular weight is 187 g/mol. The minimum absolute atomic E-state index is 0.145. The maximum atomic E-state index is 9.49. The summed E-state index contributed by atoms with van der Waals surface area (Å²) in [5.41, 5.74) is -0.650. The summed E-state index contributed by atoms with van der Waals surface area (Å²) in [7, 11) is 0. The van der Waals surface area contributed by atoms with E-state index in [1.807, 2.05) is 0 Å². The van der Waals surface area contributed by atoms with Crippen LogP contribution in [0.5, 0.6) is 0 Å². The van der Waals surface area contributed by atoms with Crippen molar-refractivity contribution in [3.05, 3.63) is 0 Å². The quantitative estimate of drug-likeness (QED) is 0.608. The smallest absolute Gasteiger partial charge is 0.0715 e. The summed E-state index contributed by atoms with van der Waals surface area (Å²) in [4.78, 5) is 0. The van der Waals surface area contributed by atoms with E-state index >= 15 is 0 Å². The third-order valence-electron chi connectivity index (χ3n) is 2.47. The third-order valence-corrected chi connectivity index (χ3v) is 2.47. The van der Waals surface area contributed by atoms with Gasteiger partial charge in [0.1, 0.15) is 0 Å². The van der Waals surface area contributed by atoms with E-state index < -0.39 is 5.60 Å². The van der Waals surface area contributed by atoms with Gasteiger partial charge in [-0.05, 0) is 39.5 Å². The van der Waals surface area contributed by atoms with Crippen molar-refractivity contribution in [3.63, 3.8) is 0 Å². The highest BCUT2D eigenvalue weighted by atomic mass is 16.3. The Morgan fingerprint density at radius 1 is 1.38 bits per heavy atom. The van der Waals surface area contributed by atoms with E-state index in [1.54, 1.807) is 13.8 Å². The standard InChI is InChI=1S/C10H21NO2/c1-10(2,13)7-11-8-4-3-5-9(12)6-8/h8-9,11-13H,3-7H2,1-2H3. The molecule has 1 fully saturated rings. The van der Waals surface area contributed by atoms with Crippen LogP contribution < -0.4 is 5.32 Å². The minimum atomic E-state index is -0.650. The Morgan fingerprint density at radius 3 is 2.62 bits per heavy atom. The first-order valence-corrected chi connectivity index (χ1v) is 5.11. The van der Waals surface area contributed by atoms with Crippen molar-refractivity contribution in [1.29, 1.82) is 0 Å². The molecule has 1 aliphatic rings. The molecule has 0 bridgehead atoms. The first-order valence-electron chi connectivity index (χ1n) is 5.11. The largest absolute Gasteiger partial charge is 0.393 e. The van der Waals surface area contributed by atoms with Crippen molar-refractivity contribution < 1.29 is 10.2 Å². The van der Waals surface area contributed by atoms with Crippen LogP contribution in [-0.2, 0) is 0 Å². The highest BCUT2D eigenvalue weighted by Crippen LogP contribution is 2.18. The van der Waals surface area contributed by atoms with E-state index in [0.29, 0.717) is 12.6 Å². The van der Waals surface area contributed by atoms with Gasteiger partial charge in [-0.3, -0.25) is 0 Å². The fourth-order valence-electron chi connectivity index (χ4n) is 1.74. The molecular weight excluding hydrogens is 166 g/mol. The van der Waals surface area contributed by atoms with Crippen molar-refractivity contribution in [2.45, 2.75) is 57.3 Å². The molecule has 0 radical (unpaired) electrons. The molecule has 0 aromatic heterocycles. The maximum Gasteiger partial charge on any atom is 0.0715 e. The third kappa shape index (κ3) is 4.60. The normalized spacial score (nSPS) is 30.5. The van der Waals surface area contributed by atoms with E-state index in [9.17, 15) is 10.2 Å². The SMILES string of the molecule is CC(C)(O)CNC1CCCC(O)C1. The number of aliphatic hydroxyl groups excluding tert-OH is 1. The van der Waals surface area contributed by atoms with Crippen LogP contribution >= 0.6 is 0 Å². The predicted molar refractivity (Wildman–Crippen MR) is 52.6 cm³/mol.